The maximum atomic E-state index is 3.58. The minimum atomic E-state index is 0.282. The Balaban J connectivity index is 2.38. The van der Waals surface area contributed by atoms with Crippen molar-refractivity contribution in [3.05, 3.63) is 70.3 Å². The second kappa shape index (κ2) is 6.03. The van der Waals surface area contributed by atoms with Gasteiger partial charge in [-0.1, -0.05) is 55.0 Å². The van der Waals surface area contributed by atoms with E-state index >= 15 is 0 Å². The standard InChI is InChI=1S/C18H23N/c1-5-19-18(16-9-6-13(2)7-10-16)17-11-8-14(3)15(4)12-17/h6-12,18-19H,5H2,1-4H3. The average molecular weight is 253 g/mol. The Morgan fingerprint density at radius 3 is 2.05 bits per heavy atom. The van der Waals surface area contributed by atoms with E-state index in [0.29, 0.717) is 0 Å². The molecule has 100 valence electrons. The molecule has 0 spiro atoms. The van der Waals surface area contributed by atoms with Gasteiger partial charge in [0.05, 0.1) is 6.04 Å². The van der Waals surface area contributed by atoms with Gasteiger partial charge in [-0.15, -0.1) is 0 Å². The lowest BCUT2D eigenvalue weighted by molar-refractivity contribution is 0.630. The molecule has 0 saturated heterocycles. The van der Waals surface area contributed by atoms with Gasteiger partial charge in [-0.2, -0.15) is 0 Å². The van der Waals surface area contributed by atoms with E-state index in [2.05, 4.69) is 75.5 Å². The molecule has 2 aromatic rings. The first-order valence-electron chi connectivity index (χ1n) is 6.99. The molecule has 0 aliphatic heterocycles. The summed E-state index contributed by atoms with van der Waals surface area (Å²) in [6.45, 7) is 9.58. The summed E-state index contributed by atoms with van der Waals surface area (Å²) in [6.07, 6.45) is 0. The normalized spacial score (nSPS) is 12.4. The van der Waals surface area contributed by atoms with Gasteiger partial charge < -0.3 is 5.32 Å². The van der Waals surface area contributed by atoms with Gasteiger partial charge in [0.25, 0.3) is 0 Å². The summed E-state index contributed by atoms with van der Waals surface area (Å²) in [5.41, 5.74) is 6.68. The molecule has 19 heavy (non-hydrogen) atoms. The summed E-state index contributed by atoms with van der Waals surface area (Å²) in [5.74, 6) is 0. The molecule has 2 rings (SSSR count). The lowest BCUT2D eigenvalue weighted by Crippen LogP contribution is -2.22. The second-order valence-corrected chi connectivity index (χ2v) is 5.25. The van der Waals surface area contributed by atoms with E-state index in [1.165, 1.54) is 27.8 Å². The second-order valence-electron chi connectivity index (χ2n) is 5.25. The molecule has 0 fully saturated rings. The predicted molar refractivity (Wildman–Crippen MR) is 82.6 cm³/mol. The van der Waals surface area contributed by atoms with E-state index < -0.39 is 0 Å². The molecule has 0 heterocycles. The van der Waals surface area contributed by atoms with Gasteiger partial charge in [0.2, 0.25) is 0 Å². The molecule has 0 saturated carbocycles. The zero-order valence-electron chi connectivity index (χ0n) is 12.3. The summed E-state index contributed by atoms with van der Waals surface area (Å²) in [7, 11) is 0. The molecule has 0 amide bonds. The number of rotatable bonds is 4. The third-order valence-corrected chi connectivity index (χ3v) is 3.68. The summed E-state index contributed by atoms with van der Waals surface area (Å²) in [6, 6.07) is 15.8. The van der Waals surface area contributed by atoms with Gasteiger partial charge in [-0.25, -0.2) is 0 Å². The quantitative estimate of drug-likeness (QED) is 0.856. The Hall–Kier alpha value is -1.60. The summed E-state index contributed by atoms with van der Waals surface area (Å²) in [5, 5.41) is 3.58. The summed E-state index contributed by atoms with van der Waals surface area (Å²) < 4.78 is 0. The van der Waals surface area contributed by atoms with Crippen LogP contribution in [0, 0.1) is 20.8 Å². The van der Waals surface area contributed by atoms with E-state index in [4.69, 9.17) is 0 Å². The van der Waals surface area contributed by atoms with Gasteiger partial charge >= 0.3 is 0 Å². The SMILES string of the molecule is CCNC(c1ccc(C)cc1)c1ccc(C)c(C)c1. The van der Waals surface area contributed by atoms with Crippen LogP contribution in [0.3, 0.4) is 0 Å². The highest BCUT2D eigenvalue weighted by Crippen LogP contribution is 2.24. The fraction of sp³-hybridized carbons (Fsp3) is 0.333. The fourth-order valence-electron chi connectivity index (χ4n) is 2.34. The molecule has 0 radical (unpaired) electrons. The third kappa shape index (κ3) is 3.24. The monoisotopic (exact) mass is 253 g/mol. The van der Waals surface area contributed by atoms with Gasteiger partial charge in [0, 0.05) is 0 Å². The maximum absolute atomic E-state index is 3.58. The number of nitrogens with one attached hydrogen (secondary N) is 1. The zero-order valence-corrected chi connectivity index (χ0v) is 12.3. The molecule has 0 aliphatic rings. The van der Waals surface area contributed by atoms with Crippen LogP contribution in [-0.4, -0.2) is 6.54 Å². The van der Waals surface area contributed by atoms with Crippen molar-refractivity contribution >= 4 is 0 Å². The van der Waals surface area contributed by atoms with Crippen molar-refractivity contribution in [1.82, 2.24) is 5.32 Å². The molecule has 0 bridgehead atoms. The van der Waals surface area contributed by atoms with Crippen LogP contribution < -0.4 is 5.32 Å². The summed E-state index contributed by atoms with van der Waals surface area (Å²) >= 11 is 0. The van der Waals surface area contributed by atoms with E-state index in [0.717, 1.165) is 6.54 Å². The van der Waals surface area contributed by atoms with Crippen molar-refractivity contribution in [1.29, 1.82) is 0 Å². The number of benzene rings is 2. The molecule has 0 aromatic heterocycles. The lowest BCUT2D eigenvalue weighted by atomic mass is 9.95. The Bertz CT molecular complexity index is 540. The van der Waals surface area contributed by atoms with Crippen molar-refractivity contribution in [3.63, 3.8) is 0 Å². The largest absolute Gasteiger partial charge is 0.307 e. The van der Waals surface area contributed by atoms with E-state index in [1.807, 2.05) is 0 Å². The van der Waals surface area contributed by atoms with Crippen LogP contribution in [-0.2, 0) is 0 Å². The minimum Gasteiger partial charge on any atom is -0.307 e. The van der Waals surface area contributed by atoms with Crippen LogP contribution in [0.4, 0.5) is 0 Å². The average Bonchev–Trinajstić information content (AvgIpc) is 2.41. The van der Waals surface area contributed by atoms with Crippen LogP contribution in [0.1, 0.15) is 40.8 Å². The highest BCUT2D eigenvalue weighted by Gasteiger charge is 2.13. The molecule has 1 atom stereocenters. The van der Waals surface area contributed by atoms with Crippen molar-refractivity contribution < 1.29 is 0 Å². The predicted octanol–water partition coefficient (Wildman–Crippen LogP) is 4.31. The summed E-state index contributed by atoms with van der Waals surface area (Å²) in [4.78, 5) is 0. The van der Waals surface area contributed by atoms with E-state index in [-0.39, 0.29) is 6.04 Å². The maximum Gasteiger partial charge on any atom is 0.0576 e. The Morgan fingerprint density at radius 1 is 0.842 bits per heavy atom. The Kier molecular flexibility index (Phi) is 4.39. The number of aryl methyl sites for hydroxylation is 3. The highest BCUT2D eigenvalue weighted by molar-refractivity contribution is 5.37. The molecular weight excluding hydrogens is 230 g/mol. The Morgan fingerprint density at radius 2 is 1.47 bits per heavy atom. The minimum absolute atomic E-state index is 0.282. The van der Waals surface area contributed by atoms with Gasteiger partial charge in [0.1, 0.15) is 0 Å². The molecule has 1 unspecified atom stereocenters. The smallest absolute Gasteiger partial charge is 0.0576 e. The van der Waals surface area contributed by atoms with Crippen molar-refractivity contribution in [2.75, 3.05) is 6.54 Å². The first kappa shape index (κ1) is 13.8. The molecule has 1 heteroatoms. The number of hydrogen-bond acceptors (Lipinski definition) is 1. The molecule has 1 N–H and O–H groups in total. The molecule has 2 aromatic carbocycles. The first-order chi connectivity index (χ1) is 9.11. The van der Waals surface area contributed by atoms with Crippen LogP contribution in [0.5, 0.6) is 0 Å². The fourth-order valence-corrected chi connectivity index (χ4v) is 2.34. The van der Waals surface area contributed by atoms with Gasteiger partial charge in [0.15, 0.2) is 0 Å². The third-order valence-electron chi connectivity index (χ3n) is 3.68. The van der Waals surface area contributed by atoms with Crippen molar-refractivity contribution in [2.24, 2.45) is 0 Å². The van der Waals surface area contributed by atoms with Crippen LogP contribution in [0.25, 0.3) is 0 Å². The van der Waals surface area contributed by atoms with Crippen molar-refractivity contribution in [2.45, 2.75) is 33.7 Å². The molecular formula is C18H23N. The van der Waals surface area contributed by atoms with Crippen molar-refractivity contribution in [3.8, 4) is 0 Å². The topological polar surface area (TPSA) is 12.0 Å². The highest BCUT2D eigenvalue weighted by atomic mass is 14.9. The molecule has 1 nitrogen and oxygen atoms in total. The zero-order chi connectivity index (χ0) is 13.8. The molecule has 0 aliphatic carbocycles. The Labute approximate surface area is 116 Å². The van der Waals surface area contributed by atoms with E-state index in [9.17, 15) is 0 Å². The van der Waals surface area contributed by atoms with Crippen LogP contribution >= 0.6 is 0 Å². The van der Waals surface area contributed by atoms with E-state index in [1.54, 1.807) is 0 Å². The van der Waals surface area contributed by atoms with Crippen LogP contribution in [0.2, 0.25) is 0 Å². The van der Waals surface area contributed by atoms with Gasteiger partial charge in [-0.05, 0) is 49.6 Å². The first-order valence-corrected chi connectivity index (χ1v) is 6.99. The van der Waals surface area contributed by atoms with Gasteiger partial charge in [-0.3, -0.25) is 0 Å². The number of hydrogen-bond donors (Lipinski definition) is 1. The van der Waals surface area contributed by atoms with Crippen LogP contribution in [0.15, 0.2) is 42.5 Å². The lowest BCUT2D eigenvalue weighted by Gasteiger charge is -2.20.